The first kappa shape index (κ1) is 30.0. The number of hydrogen-bond donors (Lipinski definition) is 3. The van der Waals surface area contributed by atoms with Crippen molar-refractivity contribution in [3.63, 3.8) is 0 Å². The molecule has 0 radical (unpaired) electrons. The zero-order chi connectivity index (χ0) is 29.6. The molecule has 1 unspecified atom stereocenters. The monoisotopic (exact) mass is 562 g/mol. The molecule has 0 aliphatic carbocycles. The number of ether oxygens (including phenoxy) is 1. The molecule has 4 aromatic rings. The van der Waals surface area contributed by atoms with Crippen molar-refractivity contribution >= 4 is 22.9 Å². The number of aromatic amines is 1. The lowest BCUT2D eigenvalue weighted by Crippen LogP contribution is -2.46. The number of fused-ring (bicyclic) bond motifs is 2. The molecule has 0 spiro atoms. The molecule has 1 amide bonds. The van der Waals surface area contributed by atoms with Crippen LogP contribution in [0.25, 0.3) is 5.65 Å². The zero-order valence-electron chi connectivity index (χ0n) is 24.9. The number of aromatic nitrogens is 5. The number of anilines is 2. The molecule has 3 aromatic heterocycles. The third-order valence-corrected chi connectivity index (χ3v) is 7.08. The van der Waals surface area contributed by atoms with Gasteiger partial charge >= 0.3 is 0 Å². The molecule has 1 saturated heterocycles. The lowest BCUT2D eigenvalue weighted by atomic mass is 9.97. The minimum Gasteiger partial charge on any atom is -0.487 e. The van der Waals surface area contributed by atoms with Gasteiger partial charge in [-0.15, -0.1) is 0 Å². The Labute approximate surface area is 241 Å². The van der Waals surface area contributed by atoms with E-state index < -0.39 is 5.60 Å². The van der Waals surface area contributed by atoms with Crippen LogP contribution in [0.5, 0.6) is 5.75 Å². The first-order chi connectivity index (χ1) is 19.8. The minimum atomic E-state index is -0.982. The van der Waals surface area contributed by atoms with E-state index in [-0.39, 0.29) is 12.0 Å². The van der Waals surface area contributed by atoms with Crippen LogP contribution in [0.3, 0.4) is 0 Å². The average Bonchev–Trinajstić information content (AvgIpc) is 3.75. The van der Waals surface area contributed by atoms with Crippen LogP contribution >= 0.6 is 0 Å². The second-order valence-corrected chi connectivity index (χ2v) is 10.2. The van der Waals surface area contributed by atoms with Gasteiger partial charge in [0.25, 0.3) is 5.91 Å². The van der Waals surface area contributed by atoms with Crippen LogP contribution in [-0.2, 0) is 13.0 Å². The number of amides is 1. The van der Waals surface area contributed by atoms with Gasteiger partial charge < -0.3 is 25.0 Å². The fourth-order valence-electron chi connectivity index (χ4n) is 4.97. The third-order valence-electron chi connectivity index (χ3n) is 7.08. The number of imidazole rings is 1. The highest BCUT2D eigenvalue weighted by atomic mass is 16.5. The predicted molar refractivity (Wildman–Crippen MR) is 161 cm³/mol. The lowest BCUT2D eigenvalue weighted by molar-refractivity contribution is -0.0229. The summed E-state index contributed by atoms with van der Waals surface area (Å²) in [5.41, 5.74) is 3.58. The second-order valence-electron chi connectivity index (χ2n) is 10.2. The van der Waals surface area contributed by atoms with Gasteiger partial charge in [-0.05, 0) is 26.0 Å². The van der Waals surface area contributed by atoms with Crippen molar-refractivity contribution in [3.8, 4) is 5.75 Å². The van der Waals surface area contributed by atoms with Crippen LogP contribution in [0.1, 0.15) is 63.2 Å². The Morgan fingerprint density at radius 2 is 1.90 bits per heavy atom. The Morgan fingerprint density at radius 1 is 1.15 bits per heavy atom. The maximum absolute atomic E-state index is 13.4. The Kier molecular flexibility index (Phi) is 9.61. The fourth-order valence-corrected chi connectivity index (χ4v) is 4.97. The largest absolute Gasteiger partial charge is 0.487 e. The molecule has 3 N–H and O–H groups in total. The molecule has 2 aliphatic rings. The van der Waals surface area contributed by atoms with E-state index in [2.05, 4.69) is 35.2 Å². The molecule has 220 valence electrons. The number of carbonyl (C=O) groups excluding carboxylic acids is 1. The van der Waals surface area contributed by atoms with Gasteiger partial charge in [-0.3, -0.25) is 9.69 Å². The van der Waals surface area contributed by atoms with E-state index in [1.807, 2.05) is 46.0 Å². The normalized spacial score (nSPS) is 16.7. The molecule has 1 atom stereocenters. The summed E-state index contributed by atoms with van der Waals surface area (Å²) in [6, 6.07) is 5.74. The van der Waals surface area contributed by atoms with Gasteiger partial charge in [0.05, 0.1) is 29.5 Å². The van der Waals surface area contributed by atoms with Crippen LogP contribution in [0, 0.1) is 0 Å². The maximum atomic E-state index is 13.4. The van der Waals surface area contributed by atoms with Crippen LogP contribution in [-0.4, -0.2) is 78.4 Å². The summed E-state index contributed by atoms with van der Waals surface area (Å²) < 4.78 is 7.73. The minimum absolute atomic E-state index is 0.272. The summed E-state index contributed by atoms with van der Waals surface area (Å²) in [6.45, 7) is 15.7. The van der Waals surface area contributed by atoms with Crippen molar-refractivity contribution in [1.29, 1.82) is 0 Å². The van der Waals surface area contributed by atoms with Crippen LogP contribution in [0.2, 0.25) is 0 Å². The van der Waals surface area contributed by atoms with Gasteiger partial charge in [0.1, 0.15) is 17.4 Å². The molecule has 0 bridgehead atoms. The number of rotatable bonds is 6. The zero-order valence-corrected chi connectivity index (χ0v) is 24.9. The topological polar surface area (TPSA) is 124 Å². The number of benzene rings is 1. The van der Waals surface area contributed by atoms with Gasteiger partial charge in [0, 0.05) is 75.1 Å². The summed E-state index contributed by atoms with van der Waals surface area (Å²) in [5, 5.41) is 17.9. The highest BCUT2D eigenvalue weighted by Crippen LogP contribution is 2.41. The SMILES string of the molecule is CC.CC.CC(C)(O)C1Cc2cc(NC(=O)c3cnn4cccnc34)c(N3CCN(Cc4cnc[nH]4)CC3)cc2O1. The number of hydrogen-bond acceptors (Lipinski definition) is 8. The second kappa shape index (κ2) is 13.1. The molecule has 11 nitrogen and oxygen atoms in total. The van der Waals surface area contributed by atoms with Crippen molar-refractivity contribution in [2.45, 2.75) is 66.2 Å². The maximum Gasteiger partial charge on any atom is 0.261 e. The average molecular weight is 563 g/mol. The van der Waals surface area contributed by atoms with Crippen molar-refractivity contribution < 1.29 is 14.6 Å². The first-order valence-corrected chi connectivity index (χ1v) is 14.5. The van der Waals surface area contributed by atoms with E-state index in [9.17, 15) is 9.90 Å². The lowest BCUT2D eigenvalue weighted by Gasteiger charge is -2.37. The number of piperazine rings is 1. The molecule has 1 aromatic carbocycles. The number of carbonyl (C=O) groups is 1. The van der Waals surface area contributed by atoms with Crippen molar-refractivity contribution in [1.82, 2.24) is 29.5 Å². The van der Waals surface area contributed by atoms with Crippen LogP contribution < -0.4 is 15.0 Å². The highest BCUT2D eigenvalue weighted by Gasteiger charge is 2.36. The summed E-state index contributed by atoms with van der Waals surface area (Å²) in [7, 11) is 0. The Hall–Kier alpha value is -3.96. The molecular weight excluding hydrogens is 520 g/mol. The molecule has 11 heteroatoms. The Balaban J connectivity index is 0.000000929. The number of aliphatic hydroxyl groups is 1. The summed E-state index contributed by atoms with van der Waals surface area (Å²) in [6.07, 6.45) is 8.71. The Morgan fingerprint density at radius 3 is 2.59 bits per heavy atom. The quantitative estimate of drug-likeness (QED) is 0.320. The van der Waals surface area contributed by atoms with Crippen LogP contribution in [0.4, 0.5) is 11.4 Å². The molecule has 0 saturated carbocycles. The smallest absolute Gasteiger partial charge is 0.261 e. The Bertz CT molecular complexity index is 1420. The van der Waals surface area contributed by atoms with E-state index in [0.717, 1.165) is 55.4 Å². The molecule has 5 heterocycles. The fraction of sp³-hybridized carbons (Fsp3) is 0.467. The standard InChI is InChI=1S/C26H30N8O3.2C2H6/c1-26(2,36)23-11-17-10-20(31-25(35)19-14-30-34-5-3-4-28-24(19)34)21(12-22(17)37-23)33-8-6-32(7-9-33)15-18-13-27-16-29-18;2*1-2/h3-5,10,12-14,16,23,36H,6-9,11,15H2,1-2H3,(H,27,29)(H,31,35);2*1-2H3. The van der Waals surface area contributed by atoms with Crippen molar-refractivity contribution in [3.05, 3.63) is 66.1 Å². The molecule has 2 aliphatic heterocycles. The summed E-state index contributed by atoms with van der Waals surface area (Å²) in [4.78, 5) is 29.6. The van der Waals surface area contributed by atoms with Crippen molar-refractivity contribution in [2.24, 2.45) is 0 Å². The highest BCUT2D eigenvalue weighted by molar-refractivity contribution is 6.09. The molecule has 41 heavy (non-hydrogen) atoms. The number of nitrogens with zero attached hydrogens (tertiary/aromatic N) is 6. The van der Waals surface area contributed by atoms with Gasteiger partial charge in [-0.1, -0.05) is 27.7 Å². The van der Waals surface area contributed by atoms with Gasteiger partial charge in [0.15, 0.2) is 5.65 Å². The van der Waals surface area contributed by atoms with E-state index in [0.29, 0.717) is 23.3 Å². The van der Waals surface area contributed by atoms with E-state index >= 15 is 0 Å². The van der Waals surface area contributed by atoms with Crippen molar-refractivity contribution in [2.75, 3.05) is 36.4 Å². The van der Waals surface area contributed by atoms with E-state index in [4.69, 9.17) is 4.74 Å². The molecular formula is C30H42N8O3. The van der Waals surface area contributed by atoms with Gasteiger partial charge in [-0.2, -0.15) is 5.10 Å². The molecule has 6 rings (SSSR count). The van der Waals surface area contributed by atoms with Gasteiger partial charge in [0.2, 0.25) is 0 Å². The first-order valence-electron chi connectivity index (χ1n) is 14.5. The third kappa shape index (κ3) is 6.68. The summed E-state index contributed by atoms with van der Waals surface area (Å²) >= 11 is 0. The van der Waals surface area contributed by atoms with Gasteiger partial charge in [-0.25, -0.2) is 14.5 Å². The predicted octanol–water partition coefficient (Wildman–Crippen LogP) is 4.15. The van der Waals surface area contributed by atoms with E-state index in [1.165, 1.54) is 6.20 Å². The number of nitrogens with one attached hydrogen (secondary N) is 2. The van der Waals surface area contributed by atoms with E-state index in [1.54, 1.807) is 43.2 Å². The number of H-pyrrole nitrogens is 1. The molecule has 1 fully saturated rings. The van der Waals surface area contributed by atoms with Crippen LogP contribution in [0.15, 0.2) is 49.3 Å². The summed E-state index contributed by atoms with van der Waals surface area (Å²) in [5.74, 6) is 0.475.